The molecule has 0 spiro atoms. The molecule has 0 aliphatic heterocycles. The van der Waals surface area contributed by atoms with Gasteiger partial charge in [0.2, 0.25) is 0 Å². The molecule has 0 saturated carbocycles. The van der Waals surface area contributed by atoms with Crippen LogP contribution in [-0.2, 0) is 6.18 Å². The van der Waals surface area contributed by atoms with E-state index in [1.807, 2.05) is 0 Å². The number of aromatic carboxylic acids is 1. The highest BCUT2D eigenvalue weighted by Crippen LogP contribution is 2.32. The zero-order valence-electron chi connectivity index (χ0n) is 11.2. The average molecular weight is 314 g/mol. The Labute approximate surface area is 122 Å². The lowest BCUT2D eigenvalue weighted by Gasteiger charge is -2.14. The second-order valence-electron chi connectivity index (χ2n) is 4.51. The van der Waals surface area contributed by atoms with Crippen LogP contribution in [0.15, 0.2) is 30.5 Å². The Morgan fingerprint density at radius 2 is 1.91 bits per heavy atom. The van der Waals surface area contributed by atoms with Crippen LogP contribution >= 0.6 is 0 Å². The van der Waals surface area contributed by atoms with Crippen LogP contribution < -0.4 is 5.32 Å². The number of pyridine rings is 1. The predicted molar refractivity (Wildman–Crippen MR) is 70.6 cm³/mol. The Kier molecular flexibility index (Phi) is 4.03. The largest absolute Gasteiger partial charge is 0.476 e. The van der Waals surface area contributed by atoms with E-state index in [4.69, 9.17) is 5.11 Å². The molecule has 0 bridgehead atoms. The highest BCUT2D eigenvalue weighted by Gasteiger charge is 2.32. The zero-order chi connectivity index (χ0) is 16.5. The van der Waals surface area contributed by atoms with Crippen molar-refractivity contribution in [1.29, 1.82) is 0 Å². The predicted octanol–water partition coefficient (Wildman–Crippen LogP) is 3.99. The van der Waals surface area contributed by atoms with E-state index in [0.29, 0.717) is 17.8 Å². The van der Waals surface area contributed by atoms with Gasteiger partial charge in [-0.2, -0.15) is 13.2 Å². The van der Waals surface area contributed by atoms with E-state index in [-0.39, 0.29) is 11.4 Å². The second kappa shape index (κ2) is 5.63. The fourth-order valence-corrected chi connectivity index (χ4v) is 1.80. The first-order valence-electron chi connectivity index (χ1n) is 6.02. The van der Waals surface area contributed by atoms with Gasteiger partial charge in [-0.1, -0.05) is 0 Å². The number of carbonyl (C=O) groups is 1. The number of alkyl halides is 3. The van der Waals surface area contributed by atoms with Crippen molar-refractivity contribution in [2.45, 2.75) is 13.1 Å². The Balaban J connectivity index is 2.49. The number of hydrogen-bond acceptors (Lipinski definition) is 3. The van der Waals surface area contributed by atoms with Gasteiger partial charge in [0.05, 0.1) is 11.3 Å². The topological polar surface area (TPSA) is 62.2 Å². The van der Waals surface area contributed by atoms with Gasteiger partial charge in [-0.05, 0) is 36.8 Å². The van der Waals surface area contributed by atoms with Crippen molar-refractivity contribution < 1.29 is 27.5 Å². The molecule has 1 aromatic carbocycles. The molecule has 4 nitrogen and oxygen atoms in total. The maximum Gasteiger partial charge on any atom is 0.417 e. The summed E-state index contributed by atoms with van der Waals surface area (Å²) in [6.45, 7) is 1.53. The van der Waals surface area contributed by atoms with Gasteiger partial charge in [0.15, 0.2) is 5.69 Å². The van der Waals surface area contributed by atoms with Crippen LogP contribution in [0.1, 0.15) is 21.6 Å². The summed E-state index contributed by atoms with van der Waals surface area (Å²) in [5, 5.41) is 11.6. The third-order valence-electron chi connectivity index (χ3n) is 2.88. The van der Waals surface area contributed by atoms with E-state index in [1.54, 1.807) is 0 Å². The Bertz CT molecular complexity index is 729. The van der Waals surface area contributed by atoms with Gasteiger partial charge in [0.25, 0.3) is 0 Å². The first-order chi connectivity index (χ1) is 10.2. The van der Waals surface area contributed by atoms with Crippen LogP contribution in [0.3, 0.4) is 0 Å². The zero-order valence-corrected chi connectivity index (χ0v) is 11.2. The number of halogens is 4. The van der Waals surface area contributed by atoms with Crippen LogP contribution in [0.5, 0.6) is 0 Å². The molecule has 0 unspecified atom stereocenters. The molecular formula is C14H10F4N2O2. The van der Waals surface area contributed by atoms with Gasteiger partial charge in [-0.25, -0.2) is 14.2 Å². The Morgan fingerprint density at radius 3 is 2.45 bits per heavy atom. The highest BCUT2D eigenvalue weighted by atomic mass is 19.4. The smallest absolute Gasteiger partial charge is 0.417 e. The fourth-order valence-electron chi connectivity index (χ4n) is 1.80. The fraction of sp³-hybridized carbons (Fsp3) is 0.143. The average Bonchev–Trinajstić information content (AvgIpc) is 2.40. The number of anilines is 2. The third-order valence-corrected chi connectivity index (χ3v) is 2.88. The lowest BCUT2D eigenvalue weighted by molar-refractivity contribution is -0.137. The molecule has 0 atom stereocenters. The van der Waals surface area contributed by atoms with E-state index in [9.17, 15) is 22.4 Å². The first-order valence-corrected chi connectivity index (χ1v) is 6.02. The van der Waals surface area contributed by atoms with Crippen molar-refractivity contribution in [1.82, 2.24) is 4.98 Å². The summed E-state index contributed by atoms with van der Waals surface area (Å²) < 4.78 is 51.2. The number of aromatic nitrogens is 1. The maximum atomic E-state index is 13.0. The van der Waals surface area contributed by atoms with Crippen LogP contribution in [0.4, 0.5) is 28.9 Å². The molecule has 22 heavy (non-hydrogen) atoms. The van der Waals surface area contributed by atoms with Crippen LogP contribution in [0.25, 0.3) is 0 Å². The molecular weight excluding hydrogens is 304 g/mol. The van der Waals surface area contributed by atoms with Crippen molar-refractivity contribution >= 4 is 17.3 Å². The first kappa shape index (κ1) is 15.7. The van der Waals surface area contributed by atoms with E-state index >= 15 is 0 Å². The minimum absolute atomic E-state index is 0.282. The van der Waals surface area contributed by atoms with E-state index in [2.05, 4.69) is 10.3 Å². The SMILES string of the molecule is Cc1cc(F)ccc1Nc1cc(C(F)(F)F)cnc1C(=O)O. The Hall–Kier alpha value is -2.64. The molecule has 1 heterocycles. The number of nitrogens with one attached hydrogen (secondary N) is 1. The summed E-state index contributed by atoms with van der Waals surface area (Å²) in [4.78, 5) is 14.4. The Morgan fingerprint density at radius 1 is 1.23 bits per heavy atom. The normalized spacial score (nSPS) is 11.3. The van der Waals surface area contributed by atoms with Gasteiger partial charge in [-0.15, -0.1) is 0 Å². The van der Waals surface area contributed by atoms with E-state index in [1.165, 1.54) is 19.1 Å². The number of rotatable bonds is 3. The van der Waals surface area contributed by atoms with Crippen molar-refractivity contribution in [3.8, 4) is 0 Å². The minimum atomic E-state index is -4.65. The maximum absolute atomic E-state index is 13.0. The number of aryl methyl sites for hydroxylation is 1. The number of carboxylic acids is 1. The van der Waals surface area contributed by atoms with Crippen molar-refractivity contribution in [3.63, 3.8) is 0 Å². The van der Waals surface area contributed by atoms with Gasteiger partial charge in [-0.3, -0.25) is 0 Å². The summed E-state index contributed by atoms with van der Waals surface area (Å²) in [5.74, 6) is -1.99. The van der Waals surface area contributed by atoms with Crippen molar-refractivity contribution in [2.75, 3.05) is 5.32 Å². The summed E-state index contributed by atoms with van der Waals surface area (Å²) in [5.41, 5.74) is -1.27. The minimum Gasteiger partial charge on any atom is -0.476 e. The molecule has 0 amide bonds. The number of benzene rings is 1. The molecule has 2 N–H and O–H groups in total. The highest BCUT2D eigenvalue weighted by molar-refractivity contribution is 5.93. The molecule has 2 aromatic rings. The molecule has 0 saturated heterocycles. The summed E-state index contributed by atoms with van der Waals surface area (Å²) in [6, 6.07) is 4.23. The summed E-state index contributed by atoms with van der Waals surface area (Å²) >= 11 is 0. The summed E-state index contributed by atoms with van der Waals surface area (Å²) in [7, 11) is 0. The van der Waals surface area contributed by atoms with Crippen LogP contribution in [-0.4, -0.2) is 16.1 Å². The van der Waals surface area contributed by atoms with E-state index < -0.39 is 29.2 Å². The third kappa shape index (κ3) is 3.33. The number of carboxylic acid groups (broad SMARTS) is 1. The number of hydrogen-bond donors (Lipinski definition) is 2. The molecule has 0 aliphatic rings. The number of nitrogens with zero attached hydrogens (tertiary/aromatic N) is 1. The van der Waals surface area contributed by atoms with Crippen LogP contribution in [0, 0.1) is 12.7 Å². The molecule has 0 aliphatic carbocycles. The molecule has 2 rings (SSSR count). The molecule has 0 fully saturated rings. The van der Waals surface area contributed by atoms with Gasteiger partial charge < -0.3 is 10.4 Å². The van der Waals surface area contributed by atoms with Gasteiger partial charge in [0, 0.05) is 11.9 Å². The lowest BCUT2D eigenvalue weighted by Crippen LogP contribution is -2.11. The van der Waals surface area contributed by atoms with Gasteiger partial charge in [0.1, 0.15) is 5.82 Å². The van der Waals surface area contributed by atoms with Crippen molar-refractivity contribution in [2.24, 2.45) is 0 Å². The summed E-state index contributed by atoms with van der Waals surface area (Å²) in [6.07, 6.45) is -4.20. The van der Waals surface area contributed by atoms with Crippen LogP contribution in [0.2, 0.25) is 0 Å². The van der Waals surface area contributed by atoms with Gasteiger partial charge >= 0.3 is 12.1 Å². The van der Waals surface area contributed by atoms with Crippen molar-refractivity contribution in [3.05, 3.63) is 53.1 Å². The standard InChI is InChI=1S/C14H10F4N2O2/c1-7-4-9(15)2-3-10(7)20-11-5-8(14(16,17)18)6-19-12(11)13(21)22/h2-6,20H,1H3,(H,21,22). The second-order valence-corrected chi connectivity index (χ2v) is 4.51. The molecule has 1 aromatic heterocycles. The molecule has 0 radical (unpaired) electrons. The lowest BCUT2D eigenvalue weighted by atomic mass is 10.1. The molecule has 8 heteroatoms. The monoisotopic (exact) mass is 314 g/mol. The molecule has 116 valence electrons. The van der Waals surface area contributed by atoms with E-state index in [0.717, 1.165) is 6.07 Å². The quantitative estimate of drug-likeness (QED) is 0.841.